The molecule has 1 unspecified atom stereocenters. The molecule has 94 valence electrons. The Morgan fingerprint density at radius 2 is 1.84 bits per heavy atom. The summed E-state index contributed by atoms with van der Waals surface area (Å²) in [6, 6.07) is 11.1. The van der Waals surface area contributed by atoms with E-state index >= 15 is 0 Å². The first-order chi connectivity index (χ1) is 9.23. The van der Waals surface area contributed by atoms with Crippen LogP contribution in [0.1, 0.15) is 18.1 Å². The molecular formula is C15H13N3O. The van der Waals surface area contributed by atoms with Crippen LogP contribution in [0.15, 0.2) is 59.0 Å². The average Bonchev–Trinajstić information content (AvgIpc) is 2.82. The Bertz CT molecular complexity index is 664. The molecule has 19 heavy (non-hydrogen) atoms. The minimum Gasteiger partial charge on any atom is -0.508 e. The van der Waals surface area contributed by atoms with Gasteiger partial charge in [0.1, 0.15) is 5.75 Å². The van der Waals surface area contributed by atoms with E-state index in [9.17, 15) is 5.11 Å². The van der Waals surface area contributed by atoms with Gasteiger partial charge in [-0.3, -0.25) is 4.98 Å². The summed E-state index contributed by atoms with van der Waals surface area (Å²) in [4.78, 5) is 4.05. The number of pyridine rings is 1. The molecule has 0 saturated heterocycles. The molecule has 0 bridgehead atoms. The fourth-order valence-electron chi connectivity index (χ4n) is 2.47. The molecule has 0 fully saturated rings. The van der Waals surface area contributed by atoms with Crippen molar-refractivity contribution >= 4 is 11.9 Å². The maximum absolute atomic E-state index is 9.72. The van der Waals surface area contributed by atoms with Crippen molar-refractivity contribution < 1.29 is 5.11 Å². The zero-order valence-electron chi connectivity index (χ0n) is 10.5. The van der Waals surface area contributed by atoms with Crippen LogP contribution in [0.5, 0.6) is 5.75 Å². The minimum atomic E-state index is -0.512. The molecule has 3 rings (SSSR count). The number of rotatable bonds is 2. The van der Waals surface area contributed by atoms with Gasteiger partial charge in [-0.15, -0.1) is 0 Å². The van der Waals surface area contributed by atoms with E-state index in [1.165, 1.54) is 0 Å². The summed E-state index contributed by atoms with van der Waals surface area (Å²) < 4.78 is 0. The van der Waals surface area contributed by atoms with E-state index in [1.54, 1.807) is 24.5 Å². The number of nitrogens with zero attached hydrogens (tertiary/aromatic N) is 3. The summed E-state index contributed by atoms with van der Waals surface area (Å²) in [6.07, 6.45) is 5.31. The Hall–Kier alpha value is -2.49. The highest BCUT2D eigenvalue weighted by Gasteiger charge is 2.39. The highest BCUT2D eigenvalue weighted by Crippen LogP contribution is 2.36. The average molecular weight is 251 g/mol. The van der Waals surface area contributed by atoms with E-state index in [-0.39, 0.29) is 5.75 Å². The molecular weight excluding hydrogens is 238 g/mol. The van der Waals surface area contributed by atoms with Gasteiger partial charge in [-0.1, -0.05) is 12.1 Å². The predicted octanol–water partition coefficient (Wildman–Crippen LogP) is 2.53. The van der Waals surface area contributed by atoms with Crippen molar-refractivity contribution in [3.05, 3.63) is 59.9 Å². The van der Waals surface area contributed by atoms with Gasteiger partial charge in [0, 0.05) is 18.6 Å². The SMILES string of the molecule is CC1=NN=CC1(c1ccncc1)c1cccc(O)c1. The first-order valence-corrected chi connectivity index (χ1v) is 6.03. The first kappa shape index (κ1) is 11.6. The Morgan fingerprint density at radius 3 is 2.47 bits per heavy atom. The number of aromatic nitrogens is 1. The number of hydrogen-bond acceptors (Lipinski definition) is 4. The number of phenols is 1. The molecule has 1 aliphatic rings. The van der Waals surface area contributed by atoms with Crippen molar-refractivity contribution in [2.24, 2.45) is 10.2 Å². The minimum absolute atomic E-state index is 0.235. The summed E-state index contributed by atoms with van der Waals surface area (Å²) in [5.74, 6) is 0.235. The number of aromatic hydroxyl groups is 1. The molecule has 0 saturated carbocycles. The van der Waals surface area contributed by atoms with Crippen LogP contribution in [0.3, 0.4) is 0 Å². The fraction of sp³-hybridized carbons (Fsp3) is 0.133. The van der Waals surface area contributed by atoms with Gasteiger partial charge in [-0.25, -0.2) is 0 Å². The number of benzene rings is 1. The standard InChI is InChI=1S/C15H13N3O/c1-11-15(10-17-18-11,12-5-7-16-8-6-12)13-3-2-4-14(19)9-13/h2-10,19H,1H3. The third-order valence-corrected chi connectivity index (χ3v) is 3.47. The smallest absolute Gasteiger partial charge is 0.115 e. The zero-order chi connectivity index (χ0) is 13.3. The quantitative estimate of drug-likeness (QED) is 0.891. The number of phenolic OH excluding ortho intramolecular Hbond substituents is 1. The van der Waals surface area contributed by atoms with Crippen molar-refractivity contribution in [3.63, 3.8) is 0 Å². The molecule has 0 spiro atoms. The van der Waals surface area contributed by atoms with Crippen LogP contribution < -0.4 is 0 Å². The Morgan fingerprint density at radius 1 is 1.05 bits per heavy atom. The Labute approximate surface area is 111 Å². The summed E-state index contributed by atoms with van der Waals surface area (Å²) in [5.41, 5.74) is 2.35. The molecule has 2 heterocycles. The highest BCUT2D eigenvalue weighted by atomic mass is 16.3. The second-order valence-corrected chi connectivity index (χ2v) is 4.52. The summed E-state index contributed by atoms with van der Waals surface area (Å²) >= 11 is 0. The Kier molecular flexibility index (Phi) is 2.63. The molecule has 0 radical (unpaired) electrons. The molecule has 1 aromatic carbocycles. The highest BCUT2D eigenvalue weighted by molar-refractivity contribution is 6.13. The molecule has 4 nitrogen and oxygen atoms in total. The third-order valence-electron chi connectivity index (χ3n) is 3.47. The van der Waals surface area contributed by atoms with E-state index in [1.807, 2.05) is 37.4 Å². The molecule has 0 aliphatic carbocycles. The van der Waals surface area contributed by atoms with E-state index in [4.69, 9.17) is 0 Å². The zero-order valence-corrected chi connectivity index (χ0v) is 10.5. The lowest BCUT2D eigenvalue weighted by Crippen LogP contribution is -2.35. The number of hydrogen-bond donors (Lipinski definition) is 1. The van der Waals surface area contributed by atoms with E-state index < -0.39 is 5.41 Å². The van der Waals surface area contributed by atoms with Gasteiger partial charge < -0.3 is 5.11 Å². The van der Waals surface area contributed by atoms with Crippen LogP contribution in [-0.2, 0) is 5.41 Å². The topological polar surface area (TPSA) is 57.8 Å². The van der Waals surface area contributed by atoms with Crippen molar-refractivity contribution in [1.29, 1.82) is 0 Å². The van der Waals surface area contributed by atoms with Crippen molar-refractivity contribution in [3.8, 4) is 5.75 Å². The second kappa shape index (κ2) is 4.31. The lowest BCUT2D eigenvalue weighted by atomic mass is 9.73. The molecule has 1 N–H and O–H groups in total. The van der Waals surface area contributed by atoms with Crippen LogP contribution in [0, 0.1) is 0 Å². The van der Waals surface area contributed by atoms with E-state index in [0.29, 0.717) is 0 Å². The maximum Gasteiger partial charge on any atom is 0.115 e. The van der Waals surface area contributed by atoms with Gasteiger partial charge in [0.05, 0.1) is 11.1 Å². The van der Waals surface area contributed by atoms with Crippen molar-refractivity contribution in [2.45, 2.75) is 12.3 Å². The van der Waals surface area contributed by atoms with Gasteiger partial charge in [0.2, 0.25) is 0 Å². The maximum atomic E-state index is 9.72. The van der Waals surface area contributed by atoms with Gasteiger partial charge >= 0.3 is 0 Å². The largest absolute Gasteiger partial charge is 0.508 e. The third kappa shape index (κ3) is 1.73. The van der Waals surface area contributed by atoms with Crippen LogP contribution >= 0.6 is 0 Å². The summed E-state index contributed by atoms with van der Waals surface area (Å²) in [5, 5.41) is 17.9. The van der Waals surface area contributed by atoms with E-state index in [2.05, 4.69) is 15.2 Å². The van der Waals surface area contributed by atoms with Crippen LogP contribution in [0.4, 0.5) is 0 Å². The van der Waals surface area contributed by atoms with Crippen molar-refractivity contribution in [1.82, 2.24) is 4.98 Å². The van der Waals surface area contributed by atoms with Crippen LogP contribution in [-0.4, -0.2) is 22.0 Å². The predicted molar refractivity (Wildman–Crippen MR) is 74.7 cm³/mol. The fourth-order valence-corrected chi connectivity index (χ4v) is 2.47. The summed E-state index contributed by atoms with van der Waals surface area (Å²) in [7, 11) is 0. The van der Waals surface area contributed by atoms with Gasteiger partial charge in [-0.05, 0) is 42.3 Å². The normalized spacial score (nSPS) is 21.4. The molecule has 4 heteroatoms. The van der Waals surface area contributed by atoms with Gasteiger partial charge in [-0.2, -0.15) is 10.2 Å². The molecule has 0 amide bonds. The van der Waals surface area contributed by atoms with E-state index in [0.717, 1.165) is 16.8 Å². The lowest BCUT2D eigenvalue weighted by molar-refractivity contribution is 0.474. The second-order valence-electron chi connectivity index (χ2n) is 4.52. The van der Waals surface area contributed by atoms with Gasteiger partial charge in [0.15, 0.2) is 0 Å². The molecule has 1 atom stereocenters. The molecule has 2 aromatic rings. The van der Waals surface area contributed by atoms with Gasteiger partial charge in [0.25, 0.3) is 0 Å². The molecule has 1 aliphatic heterocycles. The molecule has 1 aromatic heterocycles. The lowest BCUT2D eigenvalue weighted by Gasteiger charge is -2.27. The Balaban J connectivity index is 2.25. The van der Waals surface area contributed by atoms with Crippen LogP contribution in [0.25, 0.3) is 0 Å². The summed E-state index contributed by atoms with van der Waals surface area (Å²) in [6.45, 7) is 1.94. The monoisotopic (exact) mass is 251 g/mol. The van der Waals surface area contributed by atoms with Crippen LogP contribution in [0.2, 0.25) is 0 Å². The van der Waals surface area contributed by atoms with Crippen molar-refractivity contribution in [2.75, 3.05) is 0 Å². The first-order valence-electron chi connectivity index (χ1n) is 6.03.